The Morgan fingerprint density at radius 2 is 1.57 bits per heavy atom. The van der Waals surface area contributed by atoms with E-state index in [9.17, 15) is 14.4 Å². The number of anilines is 3. The number of hydrogen-bond donors (Lipinski definition) is 2. The molecule has 0 unspecified atom stereocenters. The molecule has 0 bridgehead atoms. The smallest absolute Gasteiger partial charge is 0.283 e. The first-order valence-electron chi connectivity index (χ1n) is 10.8. The van der Waals surface area contributed by atoms with Crippen molar-refractivity contribution in [3.63, 3.8) is 0 Å². The second kappa shape index (κ2) is 10.8. The Morgan fingerprint density at radius 1 is 0.838 bits per heavy atom. The Balaban J connectivity index is 1.58. The van der Waals surface area contributed by atoms with Gasteiger partial charge in [0.15, 0.2) is 0 Å². The zero-order valence-corrected chi connectivity index (χ0v) is 21.4. The van der Waals surface area contributed by atoms with Crippen molar-refractivity contribution >= 4 is 58.0 Å². The van der Waals surface area contributed by atoms with Gasteiger partial charge in [-0.25, -0.2) is 4.90 Å². The van der Waals surface area contributed by atoms with Crippen LogP contribution in [0.1, 0.15) is 10.4 Å². The van der Waals surface area contributed by atoms with Gasteiger partial charge in [0.05, 0.1) is 32.7 Å². The van der Waals surface area contributed by atoms with Gasteiger partial charge >= 0.3 is 0 Å². The Morgan fingerprint density at radius 3 is 2.27 bits per heavy atom. The Labute approximate surface area is 222 Å². The molecular formula is C26H21Cl2N3O6. The molecule has 0 aromatic heterocycles. The molecule has 4 rings (SSSR count). The summed E-state index contributed by atoms with van der Waals surface area (Å²) in [6.07, 6.45) is 0. The minimum atomic E-state index is -0.734. The number of nitrogens with one attached hydrogen (secondary N) is 2. The fourth-order valence-electron chi connectivity index (χ4n) is 3.66. The van der Waals surface area contributed by atoms with Gasteiger partial charge in [0, 0.05) is 22.3 Å². The van der Waals surface area contributed by atoms with E-state index >= 15 is 0 Å². The topological polar surface area (TPSA) is 106 Å². The molecule has 0 atom stereocenters. The highest BCUT2D eigenvalue weighted by Crippen LogP contribution is 2.38. The lowest BCUT2D eigenvalue weighted by atomic mass is 10.1. The zero-order chi connectivity index (χ0) is 26.7. The van der Waals surface area contributed by atoms with E-state index in [1.807, 2.05) is 0 Å². The summed E-state index contributed by atoms with van der Waals surface area (Å²) in [5, 5.41) is 5.73. The van der Waals surface area contributed by atoms with Crippen LogP contribution in [0, 0.1) is 0 Å². The van der Waals surface area contributed by atoms with Crippen LogP contribution in [0.3, 0.4) is 0 Å². The molecule has 11 heteroatoms. The van der Waals surface area contributed by atoms with Gasteiger partial charge in [0.25, 0.3) is 17.7 Å². The van der Waals surface area contributed by atoms with Gasteiger partial charge in [-0.1, -0.05) is 29.3 Å². The van der Waals surface area contributed by atoms with E-state index in [2.05, 4.69) is 10.6 Å². The lowest BCUT2D eigenvalue weighted by Gasteiger charge is -2.19. The molecule has 1 aliphatic rings. The molecule has 190 valence electrons. The molecule has 0 radical (unpaired) electrons. The highest BCUT2D eigenvalue weighted by Gasteiger charge is 2.40. The van der Waals surface area contributed by atoms with Crippen molar-refractivity contribution in [3.8, 4) is 17.2 Å². The van der Waals surface area contributed by atoms with Gasteiger partial charge in [0.2, 0.25) is 0 Å². The molecular weight excluding hydrogens is 521 g/mol. The van der Waals surface area contributed by atoms with E-state index in [0.717, 1.165) is 4.90 Å². The average Bonchev–Trinajstić information content (AvgIpc) is 3.11. The van der Waals surface area contributed by atoms with Crippen LogP contribution in [-0.2, 0) is 9.59 Å². The van der Waals surface area contributed by atoms with Crippen molar-refractivity contribution in [1.82, 2.24) is 0 Å². The second-order valence-electron chi connectivity index (χ2n) is 7.68. The van der Waals surface area contributed by atoms with E-state index in [1.165, 1.54) is 33.5 Å². The molecule has 9 nitrogen and oxygen atoms in total. The molecule has 0 saturated heterocycles. The van der Waals surface area contributed by atoms with Gasteiger partial charge in [0.1, 0.15) is 28.0 Å². The van der Waals surface area contributed by atoms with E-state index in [1.54, 1.807) is 48.5 Å². The van der Waals surface area contributed by atoms with Crippen molar-refractivity contribution < 1.29 is 28.6 Å². The molecule has 1 aliphatic heterocycles. The predicted octanol–water partition coefficient (Wildman–Crippen LogP) is 5.05. The molecule has 1 heterocycles. The van der Waals surface area contributed by atoms with Crippen molar-refractivity contribution in [1.29, 1.82) is 0 Å². The standard InChI is InChI=1S/C26H21Cl2N3O6/c1-35-17-8-10-21(37-3)19(13-17)31-25(33)22(28)23(26(31)34)29-16-6-4-5-14(11-16)24(32)30-18-12-15(27)7-9-20(18)36-2/h4-13,29H,1-3H3,(H,30,32). The number of carbonyl (C=O) groups excluding carboxylic acids is 3. The third-order valence-electron chi connectivity index (χ3n) is 5.46. The molecule has 3 aromatic carbocycles. The minimum Gasteiger partial charge on any atom is -0.497 e. The van der Waals surface area contributed by atoms with Crippen LogP contribution in [0.25, 0.3) is 0 Å². The number of carbonyl (C=O) groups is 3. The van der Waals surface area contributed by atoms with E-state index in [4.69, 9.17) is 37.4 Å². The normalized spacial score (nSPS) is 13.1. The molecule has 3 aromatic rings. The van der Waals surface area contributed by atoms with Crippen molar-refractivity contribution in [2.75, 3.05) is 36.9 Å². The summed E-state index contributed by atoms with van der Waals surface area (Å²) >= 11 is 12.3. The molecule has 0 aliphatic carbocycles. The molecule has 0 saturated carbocycles. The summed E-state index contributed by atoms with van der Waals surface area (Å²) < 4.78 is 15.8. The van der Waals surface area contributed by atoms with Crippen LogP contribution in [0.15, 0.2) is 71.4 Å². The summed E-state index contributed by atoms with van der Waals surface area (Å²) in [6, 6.07) is 15.9. The van der Waals surface area contributed by atoms with Crippen molar-refractivity contribution in [2.24, 2.45) is 0 Å². The molecule has 3 amide bonds. The van der Waals surface area contributed by atoms with Gasteiger partial charge in [-0.2, -0.15) is 0 Å². The minimum absolute atomic E-state index is 0.148. The molecule has 0 spiro atoms. The molecule has 37 heavy (non-hydrogen) atoms. The Bertz CT molecular complexity index is 1440. The van der Waals surface area contributed by atoms with Crippen molar-refractivity contribution in [3.05, 3.63) is 82.0 Å². The number of halogens is 2. The third kappa shape index (κ3) is 5.18. The Kier molecular flexibility index (Phi) is 7.56. The lowest BCUT2D eigenvalue weighted by Crippen LogP contribution is -2.32. The van der Waals surface area contributed by atoms with Gasteiger partial charge in [-0.05, 0) is 48.5 Å². The number of ether oxygens (including phenoxy) is 3. The molecule has 2 N–H and O–H groups in total. The fraction of sp³-hybridized carbons (Fsp3) is 0.115. The quantitative estimate of drug-likeness (QED) is 0.384. The maximum Gasteiger partial charge on any atom is 0.283 e. The number of hydrogen-bond acceptors (Lipinski definition) is 7. The average molecular weight is 542 g/mol. The number of rotatable bonds is 8. The van der Waals surface area contributed by atoms with Gasteiger partial charge in [-0.15, -0.1) is 0 Å². The van der Waals surface area contributed by atoms with Gasteiger partial charge in [-0.3, -0.25) is 14.4 Å². The van der Waals surface area contributed by atoms with Gasteiger partial charge < -0.3 is 24.8 Å². The summed E-state index contributed by atoms with van der Waals surface area (Å²) in [5.41, 5.74) is 1.05. The Hall–Kier alpha value is -4.21. The first kappa shape index (κ1) is 25.9. The summed E-state index contributed by atoms with van der Waals surface area (Å²) in [6.45, 7) is 0. The number of imide groups is 1. The summed E-state index contributed by atoms with van der Waals surface area (Å²) in [5.74, 6) is -0.733. The first-order chi connectivity index (χ1) is 17.8. The van der Waals surface area contributed by atoms with Crippen LogP contribution in [-0.4, -0.2) is 39.1 Å². The van der Waals surface area contributed by atoms with Crippen LogP contribution >= 0.6 is 23.2 Å². The zero-order valence-electron chi connectivity index (χ0n) is 19.9. The fourth-order valence-corrected chi connectivity index (χ4v) is 4.04. The maximum absolute atomic E-state index is 13.3. The maximum atomic E-state index is 13.3. The summed E-state index contributed by atoms with van der Waals surface area (Å²) in [7, 11) is 4.36. The van der Waals surface area contributed by atoms with Crippen molar-refractivity contribution in [2.45, 2.75) is 0 Å². The van der Waals surface area contributed by atoms with E-state index < -0.39 is 17.7 Å². The largest absolute Gasteiger partial charge is 0.497 e. The summed E-state index contributed by atoms with van der Waals surface area (Å²) in [4.78, 5) is 40.0. The van der Waals surface area contributed by atoms with Crippen LogP contribution in [0.2, 0.25) is 5.02 Å². The van der Waals surface area contributed by atoms with E-state index in [-0.39, 0.29) is 27.7 Å². The second-order valence-corrected chi connectivity index (χ2v) is 8.49. The number of methoxy groups -OCH3 is 3. The predicted molar refractivity (Wildman–Crippen MR) is 141 cm³/mol. The highest BCUT2D eigenvalue weighted by atomic mass is 35.5. The molecule has 0 fully saturated rings. The third-order valence-corrected chi connectivity index (χ3v) is 6.04. The monoisotopic (exact) mass is 541 g/mol. The number of nitrogens with zero attached hydrogens (tertiary/aromatic N) is 1. The van der Waals surface area contributed by atoms with Crippen LogP contribution in [0.5, 0.6) is 17.2 Å². The first-order valence-corrected chi connectivity index (χ1v) is 11.6. The van der Waals surface area contributed by atoms with Crippen LogP contribution in [0.4, 0.5) is 17.1 Å². The lowest BCUT2D eigenvalue weighted by molar-refractivity contribution is -0.120. The van der Waals surface area contributed by atoms with E-state index in [0.29, 0.717) is 27.9 Å². The number of amides is 3. The SMILES string of the molecule is COc1ccc(OC)c(N2C(=O)C(Cl)=C(Nc3cccc(C(=O)Nc4cc(Cl)ccc4OC)c3)C2=O)c1. The highest BCUT2D eigenvalue weighted by molar-refractivity contribution is 6.53. The number of benzene rings is 3. The van der Waals surface area contributed by atoms with Crippen LogP contribution < -0.4 is 29.7 Å².